The van der Waals surface area contributed by atoms with Gasteiger partial charge in [0.25, 0.3) is 0 Å². The first-order valence-electron chi connectivity index (χ1n) is 5.76. The smallest absolute Gasteiger partial charge is 0.0737 e. The van der Waals surface area contributed by atoms with Gasteiger partial charge in [-0.1, -0.05) is 20.4 Å². The van der Waals surface area contributed by atoms with Crippen molar-refractivity contribution in [2.45, 2.75) is 32.9 Å². The molecule has 0 saturated heterocycles. The second kappa shape index (κ2) is 8.71. The van der Waals surface area contributed by atoms with E-state index in [2.05, 4.69) is 30.6 Å². The molecule has 0 heterocycles. The summed E-state index contributed by atoms with van der Waals surface area (Å²) in [4.78, 5) is 2.31. The van der Waals surface area contributed by atoms with Gasteiger partial charge in [0.2, 0.25) is 0 Å². The number of rotatable bonds is 9. The molecule has 0 aliphatic carbocycles. The Labute approximate surface area is 93.7 Å². The van der Waals surface area contributed by atoms with Gasteiger partial charge in [-0.05, 0) is 19.4 Å². The molecule has 1 atom stereocenters. The number of hydrogen-bond donors (Lipinski definition) is 3. The van der Waals surface area contributed by atoms with Crippen molar-refractivity contribution < 1.29 is 0 Å². The summed E-state index contributed by atoms with van der Waals surface area (Å²) in [6.07, 6.45) is 1.88. The lowest BCUT2D eigenvalue weighted by Crippen LogP contribution is -2.37. The topological polar surface area (TPSA) is 67.3 Å². The van der Waals surface area contributed by atoms with Gasteiger partial charge >= 0.3 is 0 Å². The number of hydrogen-bond acceptors (Lipinski definition) is 4. The Morgan fingerprint density at radius 3 is 2.53 bits per heavy atom. The van der Waals surface area contributed by atoms with Crippen LogP contribution in [0.25, 0.3) is 0 Å². The summed E-state index contributed by atoms with van der Waals surface area (Å²) in [5.41, 5.74) is 12.3. The largest absolute Gasteiger partial charge is 0.374 e. The second-order valence-corrected chi connectivity index (χ2v) is 3.74. The van der Waals surface area contributed by atoms with Crippen LogP contribution < -0.4 is 16.8 Å². The number of nitrogens with two attached hydrogens (primary N) is 2. The van der Waals surface area contributed by atoms with Crippen molar-refractivity contribution in [3.05, 3.63) is 12.3 Å². The van der Waals surface area contributed by atoms with Crippen molar-refractivity contribution in [3.8, 4) is 0 Å². The first-order valence-corrected chi connectivity index (χ1v) is 5.76. The first-order chi connectivity index (χ1) is 7.13. The summed E-state index contributed by atoms with van der Waals surface area (Å²) in [7, 11) is 0. The van der Waals surface area contributed by atoms with Gasteiger partial charge < -0.3 is 21.7 Å². The molecular weight excluding hydrogens is 188 g/mol. The van der Waals surface area contributed by atoms with E-state index in [1.54, 1.807) is 0 Å². The van der Waals surface area contributed by atoms with Gasteiger partial charge in [0.15, 0.2) is 0 Å². The van der Waals surface area contributed by atoms with Crippen LogP contribution in [0.3, 0.4) is 0 Å². The molecular formula is C11H26N4. The zero-order valence-electron chi connectivity index (χ0n) is 10.1. The summed E-state index contributed by atoms with van der Waals surface area (Å²) in [6.45, 7) is 11.8. The van der Waals surface area contributed by atoms with Crippen LogP contribution >= 0.6 is 0 Å². The molecule has 4 nitrogen and oxygen atoms in total. The Morgan fingerprint density at radius 1 is 1.40 bits per heavy atom. The lowest BCUT2D eigenvalue weighted by molar-refractivity contribution is 0.297. The molecule has 0 amide bonds. The Balaban J connectivity index is 3.68. The van der Waals surface area contributed by atoms with E-state index in [0.29, 0.717) is 6.54 Å². The number of likely N-dealkylation sites (N-methyl/N-ethyl adjacent to an activating group) is 1. The fourth-order valence-electron chi connectivity index (χ4n) is 1.34. The first kappa shape index (κ1) is 14.4. The Bertz CT molecular complexity index is 170. The standard InChI is InChI=1S/C11H26N4/c1-4-11(13)14-10(3)6-8-15(5-2)9-7-12/h11,14H,3-9,12-13H2,1-2H3/t11-/m1/s1. The molecule has 0 bridgehead atoms. The molecule has 4 heteroatoms. The zero-order chi connectivity index (χ0) is 11.7. The van der Waals surface area contributed by atoms with Crippen molar-refractivity contribution in [1.82, 2.24) is 10.2 Å². The fourth-order valence-corrected chi connectivity index (χ4v) is 1.34. The molecule has 0 aromatic carbocycles. The van der Waals surface area contributed by atoms with Crippen LogP contribution in [0, 0.1) is 0 Å². The van der Waals surface area contributed by atoms with E-state index in [9.17, 15) is 0 Å². The Kier molecular flexibility index (Phi) is 8.37. The van der Waals surface area contributed by atoms with Crippen LogP contribution in [-0.2, 0) is 0 Å². The lowest BCUT2D eigenvalue weighted by Gasteiger charge is -2.21. The Morgan fingerprint density at radius 2 is 2.07 bits per heavy atom. The van der Waals surface area contributed by atoms with Crippen LogP contribution in [-0.4, -0.2) is 37.2 Å². The van der Waals surface area contributed by atoms with Gasteiger partial charge in [0, 0.05) is 25.3 Å². The van der Waals surface area contributed by atoms with Crippen LogP contribution in [0.4, 0.5) is 0 Å². The SMILES string of the molecule is C=C(CCN(CC)CCN)N[C@@H](N)CC. The third-order valence-electron chi connectivity index (χ3n) is 2.45. The molecule has 0 saturated carbocycles. The minimum absolute atomic E-state index is 0.0297. The summed E-state index contributed by atoms with van der Waals surface area (Å²) in [6, 6.07) is 0. The summed E-state index contributed by atoms with van der Waals surface area (Å²) >= 11 is 0. The predicted molar refractivity (Wildman–Crippen MR) is 66.3 cm³/mol. The van der Waals surface area contributed by atoms with Crippen LogP contribution in [0.5, 0.6) is 0 Å². The van der Waals surface area contributed by atoms with E-state index >= 15 is 0 Å². The summed E-state index contributed by atoms with van der Waals surface area (Å²) < 4.78 is 0. The van der Waals surface area contributed by atoms with E-state index < -0.39 is 0 Å². The third kappa shape index (κ3) is 7.36. The van der Waals surface area contributed by atoms with E-state index in [1.165, 1.54) is 0 Å². The molecule has 5 N–H and O–H groups in total. The minimum atomic E-state index is 0.0297. The van der Waals surface area contributed by atoms with Crippen LogP contribution in [0.1, 0.15) is 26.7 Å². The molecule has 0 fully saturated rings. The highest BCUT2D eigenvalue weighted by atomic mass is 15.1. The molecule has 0 aliphatic heterocycles. The summed E-state index contributed by atoms with van der Waals surface area (Å²) in [5.74, 6) is 0. The maximum absolute atomic E-state index is 5.77. The lowest BCUT2D eigenvalue weighted by atomic mass is 10.3. The fraction of sp³-hybridized carbons (Fsp3) is 0.818. The van der Waals surface area contributed by atoms with E-state index in [-0.39, 0.29) is 6.17 Å². The predicted octanol–water partition coefficient (Wildman–Crippen LogP) is 0.455. The van der Waals surface area contributed by atoms with Gasteiger partial charge in [-0.15, -0.1) is 0 Å². The number of nitrogens with zero attached hydrogens (tertiary/aromatic N) is 1. The minimum Gasteiger partial charge on any atom is -0.374 e. The molecule has 0 unspecified atom stereocenters. The number of nitrogens with one attached hydrogen (secondary N) is 1. The molecule has 0 aromatic heterocycles. The normalized spacial score (nSPS) is 12.9. The van der Waals surface area contributed by atoms with Crippen LogP contribution in [0.2, 0.25) is 0 Å². The molecule has 0 spiro atoms. The average Bonchev–Trinajstić information content (AvgIpc) is 2.23. The molecule has 0 rings (SSSR count). The molecule has 0 radical (unpaired) electrons. The van der Waals surface area contributed by atoms with Crippen molar-refractivity contribution in [2.24, 2.45) is 11.5 Å². The van der Waals surface area contributed by atoms with Crippen molar-refractivity contribution >= 4 is 0 Å². The van der Waals surface area contributed by atoms with Crippen molar-refractivity contribution in [1.29, 1.82) is 0 Å². The zero-order valence-corrected chi connectivity index (χ0v) is 10.1. The quantitative estimate of drug-likeness (QED) is 0.488. The van der Waals surface area contributed by atoms with E-state index in [0.717, 1.165) is 38.2 Å². The highest BCUT2D eigenvalue weighted by Crippen LogP contribution is 1.98. The molecule has 15 heavy (non-hydrogen) atoms. The maximum Gasteiger partial charge on any atom is 0.0737 e. The van der Waals surface area contributed by atoms with E-state index in [4.69, 9.17) is 11.5 Å². The third-order valence-corrected chi connectivity index (χ3v) is 2.45. The van der Waals surface area contributed by atoms with Gasteiger partial charge in [-0.2, -0.15) is 0 Å². The van der Waals surface area contributed by atoms with Gasteiger partial charge in [0.05, 0.1) is 6.17 Å². The molecule has 0 aliphatic rings. The highest BCUT2D eigenvalue weighted by Gasteiger charge is 2.03. The Hall–Kier alpha value is -0.580. The van der Waals surface area contributed by atoms with Crippen molar-refractivity contribution in [3.63, 3.8) is 0 Å². The summed E-state index contributed by atoms with van der Waals surface area (Å²) in [5, 5.41) is 3.18. The highest BCUT2D eigenvalue weighted by molar-refractivity contribution is 4.93. The van der Waals surface area contributed by atoms with Crippen molar-refractivity contribution in [2.75, 3.05) is 26.2 Å². The van der Waals surface area contributed by atoms with Crippen LogP contribution in [0.15, 0.2) is 12.3 Å². The van der Waals surface area contributed by atoms with Gasteiger partial charge in [0.1, 0.15) is 0 Å². The maximum atomic E-state index is 5.77. The van der Waals surface area contributed by atoms with E-state index in [1.807, 2.05) is 0 Å². The average molecular weight is 214 g/mol. The molecule has 0 aromatic rings. The molecule has 90 valence electrons. The van der Waals surface area contributed by atoms with Gasteiger partial charge in [-0.3, -0.25) is 0 Å². The van der Waals surface area contributed by atoms with Gasteiger partial charge in [-0.25, -0.2) is 0 Å². The second-order valence-electron chi connectivity index (χ2n) is 3.74. The monoisotopic (exact) mass is 214 g/mol.